The number of hydrogen-bond acceptors (Lipinski definition) is 4. The van der Waals surface area contributed by atoms with Crippen molar-refractivity contribution in [3.8, 4) is 11.4 Å². The second-order valence-electron chi connectivity index (χ2n) is 7.68. The third-order valence-electron chi connectivity index (χ3n) is 5.81. The van der Waals surface area contributed by atoms with Crippen molar-refractivity contribution in [2.24, 2.45) is 0 Å². The molecule has 2 aromatic carbocycles. The van der Waals surface area contributed by atoms with Gasteiger partial charge in [-0.25, -0.2) is 4.68 Å². The first-order valence-corrected chi connectivity index (χ1v) is 10.4. The van der Waals surface area contributed by atoms with Gasteiger partial charge in [0.05, 0.1) is 35.5 Å². The minimum Gasteiger partial charge on any atom is -0.489 e. The fraction of sp³-hybridized carbons (Fsp3) is 0.304. The van der Waals surface area contributed by atoms with Crippen molar-refractivity contribution >= 4 is 17.5 Å². The van der Waals surface area contributed by atoms with Crippen LogP contribution in [0.4, 0.5) is 0 Å². The Morgan fingerprint density at radius 3 is 2.83 bits per heavy atom. The maximum atomic E-state index is 13.2. The van der Waals surface area contributed by atoms with Gasteiger partial charge in [-0.05, 0) is 54.3 Å². The molecule has 30 heavy (non-hydrogen) atoms. The minimum atomic E-state index is -0.0756. The lowest BCUT2D eigenvalue weighted by molar-refractivity contribution is -0.0109. The molecule has 5 rings (SSSR count). The van der Waals surface area contributed by atoms with Gasteiger partial charge in [0, 0.05) is 18.9 Å². The molecule has 0 saturated carbocycles. The van der Waals surface area contributed by atoms with Gasteiger partial charge in [0.2, 0.25) is 0 Å². The van der Waals surface area contributed by atoms with Crippen LogP contribution in [0.2, 0.25) is 5.02 Å². The quantitative estimate of drug-likeness (QED) is 0.645. The van der Waals surface area contributed by atoms with Gasteiger partial charge in [-0.2, -0.15) is 5.10 Å². The monoisotopic (exact) mass is 423 g/mol. The van der Waals surface area contributed by atoms with Crippen molar-refractivity contribution in [3.63, 3.8) is 0 Å². The predicted octanol–water partition coefficient (Wildman–Crippen LogP) is 3.66. The Morgan fingerprint density at radius 2 is 2.07 bits per heavy atom. The summed E-state index contributed by atoms with van der Waals surface area (Å²) < 4.78 is 13.3. The number of carbonyl (C=O) groups is 1. The number of amides is 1. The summed E-state index contributed by atoms with van der Waals surface area (Å²) in [7, 11) is 0. The van der Waals surface area contributed by atoms with E-state index in [4.69, 9.17) is 21.1 Å². The van der Waals surface area contributed by atoms with E-state index in [1.165, 1.54) is 0 Å². The van der Waals surface area contributed by atoms with Crippen LogP contribution in [-0.4, -0.2) is 53.0 Å². The van der Waals surface area contributed by atoms with Crippen LogP contribution >= 0.6 is 11.6 Å². The maximum absolute atomic E-state index is 13.2. The smallest absolute Gasteiger partial charge is 0.258 e. The molecule has 2 aliphatic heterocycles. The number of halogens is 1. The molecule has 1 saturated heterocycles. The normalized spacial score (nSPS) is 18.4. The highest BCUT2D eigenvalue weighted by Crippen LogP contribution is 2.38. The maximum Gasteiger partial charge on any atom is 0.258 e. The van der Waals surface area contributed by atoms with Crippen LogP contribution in [0.3, 0.4) is 0 Å². The van der Waals surface area contributed by atoms with Crippen molar-refractivity contribution in [1.29, 1.82) is 0 Å². The molecule has 1 aromatic heterocycles. The van der Waals surface area contributed by atoms with Gasteiger partial charge in [-0.3, -0.25) is 4.79 Å². The molecule has 2 aliphatic rings. The Kier molecular flexibility index (Phi) is 4.97. The van der Waals surface area contributed by atoms with Crippen LogP contribution in [0.25, 0.3) is 5.69 Å². The summed E-state index contributed by atoms with van der Waals surface area (Å²) in [5, 5.41) is 4.78. The Labute approximate surface area is 180 Å². The first-order valence-electron chi connectivity index (χ1n) is 10.0. The molecule has 0 aliphatic carbocycles. The van der Waals surface area contributed by atoms with E-state index < -0.39 is 0 Å². The van der Waals surface area contributed by atoms with Crippen LogP contribution in [0.5, 0.6) is 5.75 Å². The van der Waals surface area contributed by atoms with Crippen molar-refractivity contribution in [2.45, 2.75) is 19.4 Å². The lowest BCUT2D eigenvalue weighted by Crippen LogP contribution is -2.50. The molecule has 0 bridgehead atoms. The van der Waals surface area contributed by atoms with Gasteiger partial charge in [-0.15, -0.1) is 0 Å². The zero-order valence-electron chi connectivity index (χ0n) is 16.7. The Morgan fingerprint density at radius 1 is 1.23 bits per heavy atom. The lowest BCUT2D eigenvalue weighted by atomic mass is 9.96. The molecule has 3 aromatic rings. The summed E-state index contributed by atoms with van der Waals surface area (Å²) >= 11 is 6.67. The highest BCUT2D eigenvalue weighted by molar-refractivity contribution is 6.33. The Hall–Kier alpha value is -2.83. The molecular formula is C23H22ClN3O3. The highest BCUT2D eigenvalue weighted by atomic mass is 35.5. The number of carbonyl (C=O) groups excluding carboxylic acids is 1. The van der Waals surface area contributed by atoms with E-state index in [0.29, 0.717) is 49.1 Å². The number of morpholine rings is 1. The van der Waals surface area contributed by atoms with Gasteiger partial charge in [0.15, 0.2) is 5.75 Å². The summed E-state index contributed by atoms with van der Waals surface area (Å²) in [5.74, 6) is 0.458. The van der Waals surface area contributed by atoms with Crippen LogP contribution < -0.4 is 4.74 Å². The summed E-state index contributed by atoms with van der Waals surface area (Å²) in [5.41, 5.74) is 4.64. The number of benzene rings is 2. The van der Waals surface area contributed by atoms with Crippen LogP contribution in [0, 0.1) is 6.92 Å². The summed E-state index contributed by atoms with van der Waals surface area (Å²) in [6.45, 7) is 3.98. The van der Waals surface area contributed by atoms with E-state index in [1.807, 2.05) is 47.0 Å². The molecule has 1 fully saturated rings. The number of aromatic nitrogens is 2. The SMILES string of the molecule is Cc1c(Cc2ccc(-n3cccn3)cc2)cc2c(c1Cl)OC[C@H]1COCCN1C2=O. The largest absolute Gasteiger partial charge is 0.489 e. The molecule has 0 unspecified atom stereocenters. The molecule has 0 spiro atoms. The van der Waals surface area contributed by atoms with Crippen molar-refractivity contribution in [1.82, 2.24) is 14.7 Å². The molecule has 7 heteroatoms. The second-order valence-corrected chi connectivity index (χ2v) is 8.06. The zero-order chi connectivity index (χ0) is 20.7. The molecule has 6 nitrogen and oxygen atoms in total. The number of ether oxygens (including phenoxy) is 2. The predicted molar refractivity (Wildman–Crippen MR) is 114 cm³/mol. The van der Waals surface area contributed by atoms with Crippen LogP contribution in [0.15, 0.2) is 48.8 Å². The zero-order valence-corrected chi connectivity index (χ0v) is 17.4. The van der Waals surface area contributed by atoms with Gasteiger partial charge in [-0.1, -0.05) is 23.7 Å². The van der Waals surface area contributed by atoms with Gasteiger partial charge in [0.25, 0.3) is 5.91 Å². The molecule has 1 amide bonds. The van der Waals surface area contributed by atoms with E-state index in [2.05, 4.69) is 17.2 Å². The van der Waals surface area contributed by atoms with E-state index in [1.54, 1.807) is 6.20 Å². The second kappa shape index (κ2) is 7.78. The van der Waals surface area contributed by atoms with E-state index in [-0.39, 0.29) is 11.9 Å². The minimum absolute atomic E-state index is 0.0343. The average Bonchev–Trinajstić information content (AvgIpc) is 3.27. The Bertz CT molecular complexity index is 1080. The lowest BCUT2D eigenvalue weighted by Gasteiger charge is -2.33. The molecule has 3 heterocycles. The van der Waals surface area contributed by atoms with E-state index in [0.717, 1.165) is 22.4 Å². The van der Waals surface area contributed by atoms with E-state index in [9.17, 15) is 4.79 Å². The average molecular weight is 424 g/mol. The van der Waals surface area contributed by atoms with E-state index >= 15 is 0 Å². The first kappa shape index (κ1) is 19.2. The molecule has 0 N–H and O–H groups in total. The fourth-order valence-corrected chi connectivity index (χ4v) is 4.34. The highest BCUT2D eigenvalue weighted by Gasteiger charge is 2.35. The number of hydrogen-bond donors (Lipinski definition) is 0. The summed E-state index contributed by atoms with van der Waals surface area (Å²) in [6.07, 6.45) is 4.35. The fourth-order valence-electron chi connectivity index (χ4n) is 4.06. The van der Waals surface area contributed by atoms with Crippen molar-refractivity contribution in [3.05, 3.63) is 76.1 Å². The number of rotatable bonds is 3. The summed E-state index contributed by atoms with van der Waals surface area (Å²) in [4.78, 5) is 15.1. The topological polar surface area (TPSA) is 56.6 Å². The Balaban J connectivity index is 1.47. The number of nitrogens with zero attached hydrogens (tertiary/aromatic N) is 3. The summed E-state index contributed by atoms with van der Waals surface area (Å²) in [6, 6.07) is 12.0. The number of fused-ring (bicyclic) bond motifs is 2. The van der Waals surface area contributed by atoms with Crippen LogP contribution in [0.1, 0.15) is 27.0 Å². The van der Waals surface area contributed by atoms with Crippen LogP contribution in [-0.2, 0) is 11.2 Å². The molecular weight excluding hydrogens is 402 g/mol. The molecule has 0 radical (unpaired) electrons. The third-order valence-corrected chi connectivity index (χ3v) is 6.27. The first-order chi connectivity index (χ1) is 14.6. The van der Waals surface area contributed by atoms with Gasteiger partial charge >= 0.3 is 0 Å². The molecule has 1 atom stereocenters. The van der Waals surface area contributed by atoms with Crippen molar-refractivity contribution < 1.29 is 14.3 Å². The standard InChI is InChI=1S/C23H22ClN3O3/c1-15-17(11-16-3-5-18(6-4-16)27-8-2-7-25-27)12-20-22(21(15)24)30-14-19-13-29-10-9-26(19)23(20)28/h2-8,12,19H,9-11,13-14H2,1H3/t19-/m1/s1. The van der Waals surface area contributed by atoms with Gasteiger partial charge < -0.3 is 14.4 Å². The molecule has 154 valence electrons. The van der Waals surface area contributed by atoms with Gasteiger partial charge in [0.1, 0.15) is 6.61 Å². The van der Waals surface area contributed by atoms with Crippen molar-refractivity contribution in [2.75, 3.05) is 26.4 Å². The third kappa shape index (κ3) is 3.36.